The molecule has 0 amide bonds. The summed E-state index contributed by atoms with van der Waals surface area (Å²) in [5.41, 5.74) is 5.49. The molecular formula is C17H20BrN. The van der Waals surface area contributed by atoms with Crippen molar-refractivity contribution < 1.29 is 0 Å². The zero-order chi connectivity index (χ0) is 13.8. The second-order valence-electron chi connectivity index (χ2n) is 4.94. The highest BCUT2D eigenvalue weighted by atomic mass is 79.9. The molecule has 2 aromatic carbocycles. The molecule has 1 atom stereocenters. The van der Waals surface area contributed by atoms with E-state index in [0.717, 1.165) is 6.42 Å². The molecule has 0 aliphatic heterocycles. The van der Waals surface area contributed by atoms with E-state index in [0.29, 0.717) is 6.04 Å². The lowest BCUT2D eigenvalue weighted by molar-refractivity contribution is 0.587. The van der Waals surface area contributed by atoms with Crippen molar-refractivity contribution >= 4 is 15.9 Å². The highest BCUT2D eigenvalue weighted by molar-refractivity contribution is 9.10. The van der Waals surface area contributed by atoms with E-state index in [1.54, 1.807) is 0 Å². The molecule has 0 aliphatic rings. The first-order valence-electron chi connectivity index (χ1n) is 6.60. The van der Waals surface area contributed by atoms with E-state index in [9.17, 15) is 0 Å². The average Bonchev–Trinajstić information content (AvgIpc) is 2.40. The summed E-state index contributed by atoms with van der Waals surface area (Å²) < 4.78 is 1.17. The van der Waals surface area contributed by atoms with E-state index < -0.39 is 0 Å². The third-order valence-electron chi connectivity index (χ3n) is 3.68. The van der Waals surface area contributed by atoms with Gasteiger partial charge in [-0.3, -0.25) is 0 Å². The molecule has 0 fully saturated rings. The number of hydrogen-bond acceptors (Lipinski definition) is 1. The van der Waals surface area contributed by atoms with Gasteiger partial charge >= 0.3 is 0 Å². The van der Waals surface area contributed by atoms with Crippen LogP contribution in [0.2, 0.25) is 0 Å². The summed E-state index contributed by atoms with van der Waals surface area (Å²) in [6.45, 7) is 4.38. The van der Waals surface area contributed by atoms with Crippen LogP contribution in [0.4, 0.5) is 0 Å². The largest absolute Gasteiger partial charge is 0.313 e. The molecule has 1 nitrogen and oxygen atoms in total. The predicted octanol–water partition coefficient (Wildman–Crippen LogP) is 4.57. The number of aryl methyl sites for hydroxylation is 2. The summed E-state index contributed by atoms with van der Waals surface area (Å²) in [4.78, 5) is 0. The van der Waals surface area contributed by atoms with Crippen LogP contribution in [0.25, 0.3) is 0 Å². The molecule has 0 spiro atoms. The molecule has 0 aliphatic carbocycles. The molecule has 0 radical (unpaired) electrons. The van der Waals surface area contributed by atoms with Crippen molar-refractivity contribution in [2.75, 3.05) is 7.05 Å². The standard InChI is InChI=1S/C17H20BrN/c1-12-7-6-8-13(2)15(12)11-17(19-3)14-9-4-5-10-16(14)18/h4-10,17,19H,11H2,1-3H3. The average molecular weight is 318 g/mol. The van der Waals surface area contributed by atoms with Crippen molar-refractivity contribution in [3.05, 3.63) is 69.2 Å². The zero-order valence-corrected chi connectivity index (χ0v) is 13.3. The minimum Gasteiger partial charge on any atom is -0.313 e. The quantitative estimate of drug-likeness (QED) is 0.871. The van der Waals surface area contributed by atoms with Gasteiger partial charge in [0.1, 0.15) is 0 Å². The Morgan fingerprint density at radius 3 is 2.21 bits per heavy atom. The van der Waals surface area contributed by atoms with Crippen molar-refractivity contribution in [1.82, 2.24) is 5.32 Å². The van der Waals surface area contributed by atoms with E-state index >= 15 is 0 Å². The fourth-order valence-corrected chi connectivity index (χ4v) is 3.06. The Bertz CT molecular complexity index is 543. The second kappa shape index (κ2) is 6.36. The van der Waals surface area contributed by atoms with Gasteiger partial charge in [-0.1, -0.05) is 52.3 Å². The minimum atomic E-state index is 0.329. The monoisotopic (exact) mass is 317 g/mol. The van der Waals surface area contributed by atoms with Crippen molar-refractivity contribution in [2.24, 2.45) is 0 Å². The molecular weight excluding hydrogens is 298 g/mol. The van der Waals surface area contributed by atoms with Crippen LogP contribution in [-0.4, -0.2) is 7.05 Å². The first kappa shape index (κ1) is 14.3. The summed E-state index contributed by atoms with van der Waals surface area (Å²) in [5.74, 6) is 0. The maximum absolute atomic E-state index is 3.65. The van der Waals surface area contributed by atoms with E-state index in [2.05, 4.69) is 77.6 Å². The molecule has 1 N–H and O–H groups in total. The van der Waals surface area contributed by atoms with E-state index in [4.69, 9.17) is 0 Å². The van der Waals surface area contributed by atoms with Crippen molar-refractivity contribution in [3.63, 3.8) is 0 Å². The van der Waals surface area contributed by atoms with Crippen LogP contribution in [-0.2, 0) is 6.42 Å². The van der Waals surface area contributed by atoms with Gasteiger partial charge in [-0.2, -0.15) is 0 Å². The molecule has 0 saturated carbocycles. The fourth-order valence-electron chi connectivity index (χ4n) is 2.50. The van der Waals surface area contributed by atoms with Crippen LogP contribution >= 0.6 is 15.9 Å². The molecule has 2 heteroatoms. The van der Waals surface area contributed by atoms with E-state index in [1.165, 1.54) is 26.7 Å². The zero-order valence-electron chi connectivity index (χ0n) is 11.7. The predicted molar refractivity (Wildman–Crippen MR) is 85.6 cm³/mol. The third-order valence-corrected chi connectivity index (χ3v) is 4.40. The molecule has 1 unspecified atom stereocenters. The van der Waals surface area contributed by atoms with Gasteiger partial charge in [-0.25, -0.2) is 0 Å². The Morgan fingerprint density at radius 1 is 1.00 bits per heavy atom. The smallest absolute Gasteiger partial charge is 0.0369 e. The van der Waals surface area contributed by atoms with Crippen LogP contribution in [0.15, 0.2) is 46.9 Å². The molecule has 0 saturated heterocycles. The van der Waals surface area contributed by atoms with Gasteiger partial charge in [0.25, 0.3) is 0 Å². The normalized spacial score (nSPS) is 12.4. The van der Waals surface area contributed by atoms with E-state index in [1.807, 2.05) is 7.05 Å². The number of nitrogens with one attached hydrogen (secondary N) is 1. The van der Waals surface area contributed by atoms with Crippen LogP contribution < -0.4 is 5.32 Å². The van der Waals surface area contributed by atoms with Crippen LogP contribution in [0.3, 0.4) is 0 Å². The van der Waals surface area contributed by atoms with Crippen LogP contribution in [0, 0.1) is 13.8 Å². The maximum Gasteiger partial charge on any atom is 0.0369 e. The van der Waals surface area contributed by atoms with Crippen molar-refractivity contribution in [3.8, 4) is 0 Å². The number of rotatable bonds is 4. The Balaban J connectivity index is 2.32. The SMILES string of the molecule is CNC(Cc1c(C)cccc1C)c1ccccc1Br. The first-order valence-corrected chi connectivity index (χ1v) is 7.39. The Kier molecular flexibility index (Phi) is 4.78. The fraction of sp³-hybridized carbons (Fsp3) is 0.294. The molecule has 0 aromatic heterocycles. The number of benzene rings is 2. The lowest BCUT2D eigenvalue weighted by Gasteiger charge is -2.20. The molecule has 0 heterocycles. The Labute approximate surface area is 124 Å². The summed E-state index contributed by atoms with van der Waals surface area (Å²) >= 11 is 3.65. The summed E-state index contributed by atoms with van der Waals surface area (Å²) in [5, 5.41) is 3.43. The van der Waals surface area contributed by atoms with Crippen LogP contribution in [0.1, 0.15) is 28.3 Å². The number of halogens is 1. The van der Waals surface area contributed by atoms with Crippen molar-refractivity contribution in [2.45, 2.75) is 26.3 Å². The Morgan fingerprint density at radius 2 is 1.63 bits per heavy atom. The highest BCUT2D eigenvalue weighted by Crippen LogP contribution is 2.27. The molecule has 19 heavy (non-hydrogen) atoms. The van der Waals surface area contributed by atoms with Gasteiger partial charge < -0.3 is 5.32 Å². The number of likely N-dealkylation sites (N-methyl/N-ethyl adjacent to an activating group) is 1. The molecule has 0 bridgehead atoms. The van der Waals surface area contributed by atoms with E-state index in [-0.39, 0.29) is 0 Å². The lowest BCUT2D eigenvalue weighted by atomic mass is 9.93. The first-order chi connectivity index (χ1) is 9.13. The maximum atomic E-state index is 3.65. The third kappa shape index (κ3) is 3.26. The topological polar surface area (TPSA) is 12.0 Å². The van der Waals surface area contributed by atoms with Gasteiger partial charge in [-0.05, 0) is 55.6 Å². The molecule has 2 aromatic rings. The van der Waals surface area contributed by atoms with Gasteiger partial charge in [0, 0.05) is 10.5 Å². The highest BCUT2D eigenvalue weighted by Gasteiger charge is 2.15. The second-order valence-corrected chi connectivity index (χ2v) is 5.79. The molecule has 100 valence electrons. The summed E-state index contributed by atoms with van der Waals surface area (Å²) in [7, 11) is 2.03. The van der Waals surface area contributed by atoms with Gasteiger partial charge in [0.15, 0.2) is 0 Å². The minimum absolute atomic E-state index is 0.329. The Hall–Kier alpha value is -1.12. The van der Waals surface area contributed by atoms with Gasteiger partial charge in [-0.15, -0.1) is 0 Å². The van der Waals surface area contributed by atoms with Gasteiger partial charge in [0.2, 0.25) is 0 Å². The number of hydrogen-bond donors (Lipinski definition) is 1. The van der Waals surface area contributed by atoms with Gasteiger partial charge in [0.05, 0.1) is 0 Å². The van der Waals surface area contributed by atoms with Crippen molar-refractivity contribution in [1.29, 1.82) is 0 Å². The summed E-state index contributed by atoms with van der Waals surface area (Å²) in [6, 6.07) is 15.3. The van der Waals surface area contributed by atoms with Crippen LogP contribution in [0.5, 0.6) is 0 Å². The summed E-state index contributed by atoms with van der Waals surface area (Å²) in [6.07, 6.45) is 1.01. The lowest BCUT2D eigenvalue weighted by Crippen LogP contribution is -2.20. The molecule has 2 rings (SSSR count).